The summed E-state index contributed by atoms with van der Waals surface area (Å²) in [6.45, 7) is 2.72. The lowest BCUT2D eigenvalue weighted by atomic mass is 10.3. The second-order valence-corrected chi connectivity index (χ2v) is 3.32. The van der Waals surface area contributed by atoms with Crippen molar-refractivity contribution < 1.29 is 14.3 Å². The van der Waals surface area contributed by atoms with Gasteiger partial charge in [0.15, 0.2) is 5.78 Å². The van der Waals surface area contributed by atoms with Crippen LogP contribution < -0.4 is 0 Å². The van der Waals surface area contributed by atoms with Crippen molar-refractivity contribution in [2.24, 2.45) is 5.92 Å². The van der Waals surface area contributed by atoms with Gasteiger partial charge in [0.25, 0.3) is 0 Å². The van der Waals surface area contributed by atoms with Crippen molar-refractivity contribution in [1.82, 2.24) is 0 Å². The van der Waals surface area contributed by atoms with Gasteiger partial charge in [-0.2, -0.15) is 0 Å². The Kier molecular flexibility index (Phi) is 3.69. The van der Waals surface area contributed by atoms with Gasteiger partial charge in [-0.3, -0.25) is 4.79 Å². The molecule has 0 spiro atoms. The average molecular weight is 172 g/mol. The molecule has 1 fully saturated rings. The summed E-state index contributed by atoms with van der Waals surface area (Å²) in [5.41, 5.74) is 0. The van der Waals surface area contributed by atoms with Gasteiger partial charge in [-0.1, -0.05) is 0 Å². The third-order valence-corrected chi connectivity index (χ3v) is 1.94. The molecule has 1 aliphatic rings. The van der Waals surface area contributed by atoms with Crippen LogP contribution in [0.3, 0.4) is 0 Å². The molecule has 1 rings (SSSR count). The predicted molar refractivity (Wildman–Crippen MR) is 45.0 cm³/mol. The van der Waals surface area contributed by atoms with Gasteiger partial charge in [0.1, 0.15) is 6.61 Å². The number of hydrogen-bond acceptors (Lipinski definition) is 3. The molecule has 0 bridgehead atoms. The van der Waals surface area contributed by atoms with Crippen LogP contribution >= 0.6 is 0 Å². The SMILES string of the molecule is COCC(C)OCC(=O)C1CC1. The third-order valence-electron chi connectivity index (χ3n) is 1.94. The molecule has 1 unspecified atom stereocenters. The van der Waals surface area contributed by atoms with Crippen molar-refractivity contribution in [3.05, 3.63) is 0 Å². The van der Waals surface area contributed by atoms with E-state index in [1.807, 2.05) is 6.92 Å². The second kappa shape index (κ2) is 4.58. The Morgan fingerprint density at radius 1 is 1.58 bits per heavy atom. The quantitative estimate of drug-likeness (QED) is 0.600. The number of carbonyl (C=O) groups is 1. The van der Waals surface area contributed by atoms with E-state index in [1.165, 1.54) is 0 Å². The van der Waals surface area contributed by atoms with E-state index in [4.69, 9.17) is 9.47 Å². The Morgan fingerprint density at radius 2 is 2.25 bits per heavy atom. The molecule has 70 valence electrons. The summed E-state index contributed by atoms with van der Waals surface area (Å²) in [6, 6.07) is 0. The van der Waals surface area contributed by atoms with Crippen LogP contribution in [0.15, 0.2) is 0 Å². The molecular formula is C9H16O3. The maximum atomic E-state index is 11.1. The van der Waals surface area contributed by atoms with Crippen LogP contribution in [-0.4, -0.2) is 32.2 Å². The second-order valence-electron chi connectivity index (χ2n) is 3.32. The largest absolute Gasteiger partial charge is 0.382 e. The molecule has 1 atom stereocenters. The molecule has 0 aliphatic heterocycles. The summed E-state index contributed by atoms with van der Waals surface area (Å²) in [5.74, 6) is 0.553. The Hall–Kier alpha value is -0.410. The lowest BCUT2D eigenvalue weighted by Gasteiger charge is -2.10. The van der Waals surface area contributed by atoms with Crippen molar-refractivity contribution in [2.75, 3.05) is 20.3 Å². The van der Waals surface area contributed by atoms with E-state index in [0.29, 0.717) is 12.5 Å². The van der Waals surface area contributed by atoms with E-state index in [1.54, 1.807) is 7.11 Å². The first-order valence-corrected chi connectivity index (χ1v) is 4.37. The number of carbonyl (C=O) groups excluding carboxylic acids is 1. The summed E-state index contributed by atoms with van der Waals surface area (Å²) in [4.78, 5) is 11.1. The minimum Gasteiger partial charge on any atom is -0.382 e. The highest BCUT2D eigenvalue weighted by atomic mass is 16.5. The van der Waals surface area contributed by atoms with E-state index in [0.717, 1.165) is 12.8 Å². The summed E-state index contributed by atoms with van der Waals surface area (Å²) in [5, 5.41) is 0. The predicted octanol–water partition coefficient (Wildman–Crippen LogP) is 1.02. The molecule has 0 saturated heterocycles. The van der Waals surface area contributed by atoms with Crippen LogP contribution in [0.4, 0.5) is 0 Å². The molecule has 0 aromatic carbocycles. The van der Waals surface area contributed by atoms with Gasteiger partial charge < -0.3 is 9.47 Å². The van der Waals surface area contributed by atoms with Gasteiger partial charge in [0.2, 0.25) is 0 Å². The van der Waals surface area contributed by atoms with Crippen molar-refractivity contribution in [3.8, 4) is 0 Å². The van der Waals surface area contributed by atoms with Crippen LogP contribution in [0.1, 0.15) is 19.8 Å². The smallest absolute Gasteiger partial charge is 0.161 e. The number of ketones is 1. The van der Waals surface area contributed by atoms with Crippen molar-refractivity contribution in [2.45, 2.75) is 25.9 Å². The number of hydrogen-bond donors (Lipinski definition) is 0. The maximum absolute atomic E-state index is 11.1. The molecule has 0 N–H and O–H groups in total. The molecule has 3 heteroatoms. The fourth-order valence-electron chi connectivity index (χ4n) is 1.03. The minimum absolute atomic E-state index is 0.0256. The first-order valence-electron chi connectivity index (χ1n) is 4.37. The topological polar surface area (TPSA) is 35.5 Å². The molecule has 1 saturated carbocycles. The molecule has 0 radical (unpaired) electrons. The van der Waals surface area contributed by atoms with Crippen LogP contribution in [0.25, 0.3) is 0 Å². The Bertz CT molecular complexity index is 152. The molecule has 3 nitrogen and oxygen atoms in total. The van der Waals surface area contributed by atoms with Crippen LogP contribution in [0.2, 0.25) is 0 Å². The van der Waals surface area contributed by atoms with Crippen molar-refractivity contribution in [3.63, 3.8) is 0 Å². The number of Topliss-reactive ketones (excluding diaryl/α,β-unsaturated/α-hetero) is 1. The van der Waals surface area contributed by atoms with Gasteiger partial charge in [-0.05, 0) is 19.8 Å². The molecule has 0 aromatic rings. The number of rotatable bonds is 6. The van der Waals surface area contributed by atoms with E-state index in [-0.39, 0.29) is 18.5 Å². The zero-order valence-electron chi connectivity index (χ0n) is 7.71. The first kappa shape index (κ1) is 9.68. The standard InChI is InChI=1S/C9H16O3/c1-7(5-11-2)12-6-9(10)8-3-4-8/h7-8H,3-6H2,1-2H3. The number of ether oxygens (including phenoxy) is 2. The number of methoxy groups -OCH3 is 1. The lowest BCUT2D eigenvalue weighted by Crippen LogP contribution is -2.20. The van der Waals surface area contributed by atoms with Gasteiger partial charge in [0.05, 0.1) is 12.7 Å². The summed E-state index contributed by atoms with van der Waals surface area (Å²) >= 11 is 0. The zero-order valence-corrected chi connectivity index (χ0v) is 7.71. The van der Waals surface area contributed by atoms with Crippen LogP contribution in [0, 0.1) is 5.92 Å². The highest BCUT2D eigenvalue weighted by Crippen LogP contribution is 2.29. The summed E-state index contributed by atoms with van der Waals surface area (Å²) in [7, 11) is 1.63. The van der Waals surface area contributed by atoms with E-state index in [2.05, 4.69) is 0 Å². The molecule has 12 heavy (non-hydrogen) atoms. The van der Waals surface area contributed by atoms with Gasteiger partial charge in [-0.25, -0.2) is 0 Å². The van der Waals surface area contributed by atoms with Gasteiger partial charge in [-0.15, -0.1) is 0 Å². The minimum atomic E-state index is 0.0256. The Labute approximate surface area is 73.0 Å². The highest BCUT2D eigenvalue weighted by Gasteiger charge is 2.29. The maximum Gasteiger partial charge on any atom is 0.161 e. The monoisotopic (exact) mass is 172 g/mol. The van der Waals surface area contributed by atoms with E-state index >= 15 is 0 Å². The normalized spacial score (nSPS) is 19.2. The first-order chi connectivity index (χ1) is 5.74. The molecule has 0 amide bonds. The Balaban J connectivity index is 2.03. The average Bonchev–Trinajstić information content (AvgIpc) is 2.83. The highest BCUT2D eigenvalue weighted by molar-refractivity contribution is 5.84. The molecule has 1 aliphatic carbocycles. The van der Waals surface area contributed by atoms with Crippen molar-refractivity contribution >= 4 is 5.78 Å². The Morgan fingerprint density at radius 3 is 2.75 bits per heavy atom. The zero-order chi connectivity index (χ0) is 8.97. The van der Waals surface area contributed by atoms with Crippen molar-refractivity contribution in [1.29, 1.82) is 0 Å². The van der Waals surface area contributed by atoms with Gasteiger partial charge in [0, 0.05) is 13.0 Å². The molecule has 0 aromatic heterocycles. The van der Waals surface area contributed by atoms with Crippen LogP contribution in [-0.2, 0) is 14.3 Å². The third kappa shape index (κ3) is 3.32. The fourth-order valence-corrected chi connectivity index (χ4v) is 1.03. The van der Waals surface area contributed by atoms with Crippen LogP contribution in [0.5, 0.6) is 0 Å². The summed E-state index contributed by atoms with van der Waals surface area (Å²) in [6.07, 6.45) is 2.14. The van der Waals surface area contributed by atoms with E-state index < -0.39 is 0 Å². The summed E-state index contributed by atoms with van der Waals surface area (Å²) < 4.78 is 10.1. The van der Waals surface area contributed by atoms with Gasteiger partial charge >= 0.3 is 0 Å². The van der Waals surface area contributed by atoms with E-state index in [9.17, 15) is 4.79 Å². The molecule has 0 heterocycles. The molecular weight excluding hydrogens is 156 g/mol. The fraction of sp³-hybridized carbons (Fsp3) is 0.889. The lowest BCUT2D eigenvalue weighted by molar-refractivity contribution is -0.127.